The van der Waals surface area contributed by atoms with Crippen molar-refractivity contribution in [2.24, 2.45) is 0 Å². The molecule has 0 spiro atoms. The molecule has 16 heavy (non-hydrogen) atoms. The minimum absolute atomic E-state index is 0.0785. The Morgan fingerprint density at radius 1 is 1.31 bits per heavy atom. The zero-order chi connectivity index (χ0) is 12.1. The van der Waals surface area contributed by atoms with Crippen LogP contribution in [0, 0.1) is 0 Å². The van der Waals surface area contributed by atoms with E-state index in [1.165, 1.54) is 24.6 Å². The topological polar surface area (TPSA) is 49.3 Å². The van der Waals surface area contributed by atoms with Gasteiger partial charge in [0.2, 0.25) is 5.91 Å². The van der Waals surface area contributed by atoms with Gasteiger partial charge in [-0.05, 0) is 26.7 Å². The highest BCUT2D eigenvalue weighted by Crippen LogP contribution is 2.22. The predicted molar refractivity (Wildman–Crippen MR) is 68.6 cm³/mol. The lowest BCUT2D eigenvalue weighted by atomic mass is 10.2. The Kier molecular flexibility index (Phi) is 5.62. The lowest BCUT2D eigenvalue weighted by Gasteiger charge is -2.20. The molecular formula is C12H23NO2S. The summed E-state index contributed by atoms with van der Waals surface area (Å²) in [7, 11) is 0. The molecule has 0 radical (unpaired) electrons. The first kappa shape index (κ1) is 13.8. The Balaban J connectivity index is 2.29. The molecule has 0 heterocycles. The first-order valence-electron chi connectivity index (χ1n) is 6.14. The molecule has 4 heteroatoms. The highest BCUT2D eigenvalue weighted by Gasteiger charge is 2.23. The molecular weight excluding hydrogens is 222 g/mol. The first-order chi connectivity index (χ1) is 7.50. The Morgan fingerprint density at radius 3 is 2.38 bits per heavy atom. The Labute approximate surface area is 102 Å². The summed E-state index contributed by atoms with van der Waals surface area (Å²) in [4.78, 5) is 11.8. The van der Waals surface area contributed by atoms with Gasteiger partial charge in [-0.15, -0.1) is 11.8 Å². The van der Waals surface area contributed by atoms with Crippen molar-refractivity contribution in [3.63, 3.8) is 0 Å². The van der Waals surface area contributed by atoms with Gasteiger partial charge in [-0.25, -0.2) is 0 Å². The van der Waals surface area contributed by atoms with Gasteiger partial charge in [-0.2, -0.15) is 0 Å². The molecule has 0 saturated heterocycles. The summed E-state index contributed by atoms with van der Waals surface area (Å²) in [5, 5.41) is 12.5. The Bertz CT molecular complexity index is 227. The highest BCUT2D eigenvalue weighted by atomic mass is 32.2. The molecule has 1 rings (SSSR count). The molecule has 0 aliphatic heterocycles. The number of hydrogen-bond acceptors (Lipinski definition) is 3. The van der Waals surface area contributed by atoms with E-state index >= 15 is 0 Å². The molecule has 1 fully saturated rings. The van der Waals surface area contributed by atoms with Crippen LogP contribution < -0.4 is 5.32 Å². The zero-order valence-electron chi connectivity index (χ0n) is 10.4. The fourth-order valence-electron chi connectivity index (χ4n) is 1.89. The smallest absolute Gasteiger partial charge is 0.233 e. The van der Waals surface area contributed by atoms with Gasteiger partial charge < -0.3 is 10.4 Å². The van der Waals surface area contributed by atoms with E-state index in [2.05, 4.69) is 5.32 Å². The van der Waals surface area contributed by atoms with Gasteiger partial charge in [0.05, 0.1) is 11.4 Å². The van der Waals surface area contributed by atoms with Gasteiger partial charge in [0.1, 0.15) is 0 Å². The Morgan fingerprint density at radius 2 is 1.88 bits per heavy atom. The summed E-state index contributed by atoms with van der Waals surface area (Å²) < 4.78 is 0. The van der Waals surface area contributed by atoms with E-state index in [0.29, 0.717) is 6.04 Å². The molecule has 0 aromatic carbocycles. The average molecular weight is 245 g/mol. The van der Waals surface area contributed by atoms with Crippen molar-refractivity contribution in [2.45, 2.75) is 69.1 Å². The zero-order valence-corrected chi connectivity index (χ0v) is 11.2. The maximum atomic E-state index is 11.8. The molecule has 3 atom stereocenters. The van der Waals surface area contributed by atoms with Gasteiger partial charge in [0.15, 0.2) is 0 Å². The number of carbonyl (C=O) groups is 1. The lowest BCUT2D eigenvalue weighted by Crippen LogP contribution is -2.38. The van der Waals surface area contributed by atoms with E-state index in [0.717, 1.165) is 12.8 Å². The van der Waals surface area contributed by atoms with Crippen LogP contribution in [0.25, 0.3) is 0 Å². The number of rotatable bonds is 5. The highest BCUT2D eigenvalue weighted by molar-refractivity contribution is 8.01. The molecule has 1 saturated carbocycles. The molecule has 0 bridgehead atoms. The van der Waals surface area contributed by atoms with Gasteiger partial charge in [0, 0.05) is 11.3 Å². The van der Waals surface area contributed by atoms with Crippen LogP contribution in [0.5, 0.6) is 0 Å². The third kappa shape index (κ3) is 4.34. The Hall–Kier alpha value is -0.220. The van der Waals surface area contributed by atoms with E-state index in [1.807, 2.05) is 13.8 Å². The largest absolute Gasteiger partial charge is 0.392 e. The summed E-state index contributed by atoms with van der Waals surface area (Å²) in [5.41, 5.74) is 0. The van der Waals surface area contributed by atoms with Crippen molar-refractivity contribution in [1.29, 1.82) is 0 Å². The first-order valence-corrected chi connectivity index (χ1v) is 7.09. The summed E-state index contributed by atoms with van der Waals surface area (Å²) in [6, 6.07) is 0.386. The van der Waals surface area contributed by atoms with E-state index in [-0.39, 0.29) is 22.5 Å². The van der Waals surface area contributed by atoms with Crippen molar-refractivity contribution in [2.75, 3.05) is 0 Å². The normalized spacial score (nSPS) is 22.8. The fourth-order valence-corrected chi connectivity index (χ4v) is 2.95. The van der Waals surface area contributed by atoms with Crippen LogP contribution in [0.2, 0.25) is 0 Å². The molecule has 1 aliphatic rings. The van der Waals surface area contributed by atoms with Crippen molar-refractivity contribution in [3.05, 3.63) is 0 Å². The summed E-state index contributed by atoms with van der Waals surface area (Å²) in [5.74, 6) is 0.115. The average Bonchev–Trinajstić information content (AvgIpc) is 2.69. The fraction of sp³-hybridized carbons (Fsp3) is 0.917. The standard InChI is InChI=1S/C12H23NO2S/c1-8(14)9(2)16-10(3)12(15)13-11-6-4-5-7-11/h8-11,14H,4-7H2,1-3H3,(H,13,15). The van der Waals surface area contributed by atoms with Crippen LogP contribution in [-0.4, -0.2) is 33.7 Å². The van der Waals surface area contributed by atoms with E-state index in [1.54, 1.807) is 6.92 Å². The molecule has 3 nitrogen and oxygen atoms in total. The lowest BCUT2D eigenvalue weighted by molar-refractivity contribution is -0.120. The minimum atomic E-state index is -0.369. The van der Waals surface area contributed by atoms with Gasteiger partial charge in [-0.1, -0.05) is 19.8 Å². The third-order valence-electron chi connectivity index (χ3n) is 3.17. The van der Waals surface area contributed by atoms with Crippen molar-refractivity contribution in [1.82, 2.24) is 5.32 Å². The van der Waals surface area contributed by atoms with Crippen molar-refractivity contribution < 1.29 is 9.90 Å². The molecule has 1 amide bonds. The predicted octanol–water partition coefficient (Wildman–Crippen LogP) is 1.94. The minimum Gasteiger partial charge on any atom is -0.392 e. The number of aliphatic hydroxyl groups is 1. The van der Waals surface area contributed by atoms with Crippen molar-refractivity contribution in [3.8, 4) is 0 Å². The molecule has 1 aliphatic carbocycles. The number of aliphatic hydroxyl groups excluding tert-OH is 1. The maximum Gasteiger partial charge on any atom is 0.233 e. The molecule has 94 valence electrons. The van der Waals surface area contributed by atoms with Crippen LogP contribution >= 0.6 is 11.8 Å². The second kappa shape index (κ2) is 6.50. The summed E-state index contributed by atoms with van der Waals surface area (Å²) in [6.07, 6.45) is 4.34. The number of thioether (sulfide) groups is 1. The van der Waals surface area contributed by atoms with Crippen molar-refractivity contribution >= 4 is 17.7 Å². The van der Waals surface area contributed by atoms with Crippen LogP contribution in [0.3, 0.4) is 0 Å². The quantitative estimate of drug-likeness (QED) is 0.778. The third-order valence-corrected chi connectivity index (χ3v) is 4.61. The SMILES string of the molecule is CC(SC(C)C(C)O)C(=O)NC1CCCC1. The molecule has 3 unspecified atom stereocenters. The maximum absolute atomic E-state index is 11.8. The van der Waals surface area contributed by atoms with Gasteiger partial charge >= 0.3 is 0 Å². The van der Waals surface area contributed by atoms with E-state index in [4.69, 9.17) is 0 Å². The van der Waals surface area contributed by atoms with Crippen LogP contribution in [0.4, 0.5) is 0 Å². The van der Waals surface area contributed by atoms with Crippen LogP contribution in [0.15, 0.2) is 0 Å². The monoisotopic (exact) mass is 245 g/mol. The van der Waals surface area contributed by atoms with Gasteiger partial charge in [-0.3, -0.25) is 4.79 Å². The molecule has 0 aromatic rings. The van der Waals surface area contributed by atoms with Crippen LogP contribution in [0.1, 0.15) is 46.5 Å². The number of hydrogen-bond donors (Lipinski definition) is 2. The summed E-state index contributed by atoms with van der Waals surface area (Å²) in [6.45, 7) is 5.63. The second-order valence-electron chi connectivity index (χ2n) is 4.71. The summed E-state index contributed by atoms with van der Waals surface area (Å²) >= 11 is 1.54. The van der Waals surface area contributed by atoms with Crippen LogP contribution in [-0.2, 0) is 4.79 Å². The second-order valence-corrected chi connectivity index (χ2v) is 6.44. The number of carbonyl (C=O) groups excluding carboxylic acids is 1. The van der Waals surface area contributed by atoms with Gasteiger partial charge in [0.25, 0.3) is 0 Å². The number of amides is 1. The van der Waals surface area contributed by atoms with E-state index < -0.39 is 0 Å². The van der Waals surface area contributed by atoms with E-state index in [9.17, 15) is 9.90 Å². The number of nitrogens with one attached hydrogen (secondary N) is 1. The molecule has 2 N–H and O–H groups in total. The molecule has 0 aromatic heterocycles.